The van der Waals surface area contributed by atoms with Crippen molar-refractivity contribution >= 4 is 0 Å². The summed E-state index contributed by atoms with van der Waals surface area (Å²) >= 11 is 0. The second kappa shape index (κ2) is 11.6. The molecule has 1 fully saturated rings. The molecule has 1 saturated carbocycles. The largest absolute Gasteiger partial charge is 0.508 e. The van der Waals surface area contributed by atoms with Gasteiger partial charge in [-0.25, -0.2) is 0 Å². The van der Waals surface area contributed by atoms with E-state index in [0.29, 0.717) is 35.2 Å². The highest BCUT2D eigenvalue weighted by Crippen LogP contribution is 2.53. The first-order chi connectivity index (χ1) is 20.3. The van der Waals surface area contributed by atoms with Crippen LogP contribution < -0.4 is 18.9 Å². The lowest BCUT2D eigenvalue weighted by Gasteiger charge is -2.37. The van der Waals surface area contributed by atoms with Crippen LogP contribution in [-0.4, -0.2) is 41.7 Å². The van der Waals surface area contributed by atoms with Crippen LogP contribution in [0.2, 0.25) is 0 Å². The Morgan fingerprint density at radius 2 is 1.64 bits per heavy atom. The van der Waals surface area contributed by atoms with E-state index in [1.165, 1.54) is 7.11 Å². The summed E-state index contributed by atoms with van der Waals surface area (Å²) in [5.74, 6) is 3.09. The second-order valence-corrected chi connectivity index (χ2v) is 12.5. The molecular formula is C35H42O7. The van der Waals surface area contributed by atoms with E-state index in [1.54, 1.807) is 25.3 Å². The van der Waals surface area contributed by atoms with Gasteiger partial charge in [-0.1, -0.05) is 26.3 Å². The van der Waals surface area contributed by atoms with E-state index in [0.717, 1.165) is 72.8 Å². The van der Waals surface area contributed by atoms with Gasteiger partial charge in [-0.3, -0.25) is 0 Å². The first-order valence-corrected chi connectivity index (χ1v) is 15.3. The summed E-state index contributed by atoms with van der Waals surface area (Å²) in [7, 11) is 3.18. The summed E-state index contributed by atoms with van der Waals surface area (Å²) in [6, 6.07) is 11.0. The lowest BCUT2D eigenvalue weighted by molar-refractivity contribution is 0.0200. The molecule has 3 atom stereocenters. The van der Waals surface area contributed by atoms with Crippen LogP contribution in [0.5, 0.6) is 34.5 Å². The Labute approximate surface area is 248 Å². The highest BCUT2D eigenvalue weighted by atomic mass is 16.5. The summed E-state index contributed by atoms with van der Waals surface area (Å²) in [5.41, 5.74) is 6.04. The molecule has 0 aromatic heterocycles. The number of benzene rings is 3. The van der Waals surface area contributed by atoms with Crippen LogP contribution in [0, 0.1) is 5.92 Å². The number of aliphatic hydroxyl groups excluding tert-OH is 1. The van der Waals surface area contributed by atoms with E-state index in [9.17, 15) is 15.3 Å². The molecule has 3 aromatic rings. The predicted molar refractivity (Wildman–Crippen MR) is 161 cm³/mol. The fourth-order valence-electron chi connectivity index (χ4n) is 7.02. The molecule has 3 N–H and O–H groups in total. The summed E-state index contributed by atoms with van der Waals surface area (Å²) in [4.78, 5) is 0. The Balaban J connectivity index is 1.40. The molecule has 0 radical (unpaired) electrons. The zero-order valence-electron chi connectivity index (χ0n) is 25.0. The summed E-state index contributed by atoms with van der Waals surface area (Å²) in [5, 5.41) is 32.7. The van der Waals surface area contributed by atoms with Crippen molar-refractivity contribution < 1.29 is 34.3 Å². The minimum absolute atomic E-state index is 0.0354. The predicted octanol–water partition coefficient (Wildman–Crippen LogP) is 7.22. The quantitative estimate of drug-likeness (QED) is 0.261. The fraction of sp³-hybridized carbons (Fsp3) is 0.486. The molecular weight excluding hydrogens is 532 g/mol. The first kappa shape index (κ1) is 28.5. The molecule has 0 spiro atoms. The van der Waals surface area contributed by atoms with Gasteiger partial charge in [0.15, 0.2) is 17.6 Å². The Bertz CT molecular complexity index is 1460. The van der Waals surface area contributed by atoms with E-state index in [1.807, 2.05) is 18.2 Å². The lowest BCUT2D eigenvalue weighted by atomic mass is 9.73. The van der Waals surface area contributed by atoms with Gasteiger partial charge in [0.05, 0.1) is 26.4 Å². The zero-order chi connectivity index (χ0) is 29.5. The molecule has 224 valence electrons. The molecule has 1 heterocycles. The topological polar surface area (TPSA) is 97.6 Å². The average Bonchev–Trinajstić information content (AvgIpc) is 3.49. The van der Waals surface area contributed by atoms with E-state index < -0.39 is 12.2 Å². The molecule has 2 aliphatic carbocycles. The SMILES string of the molecule is COc1cc([C@@H]2Oc3cc(OC)c4c(c3C[C@H]2O)C[C@@H](CCC(C)C)c2cc(O)ccc2-4)cc(OC2CCCC2)c1O. The van der Waals surface area contributed by atoms with Crippen molar-refractivity contribution in [3.8, 4) is 45.6 Å². The highest BCUT2D eigenvalue weighted by molar-refractivity contribution is 5.82. The molecule has 0 unspecified atom stereocenters. The Hall–Kier alpha value is -3.58. The van der Waals surface area contributed by atoms with Crippen molar-refractivity contribution in [1.29, 1.82) is 0 Å². The third-order valence-electron chi connectivity index (χ3n) is 9.20. The van der Waals surface area contributed by atoms with Gasteiger partial charge in [0.25, 0.3) is 0 Å². The molecule has 6 rings (SSSR count). The molecule has 3 aromatic carbocycles. The van der Waals surface area contributed by atoms with Gasteiger partial charge in [0.1, 0.15) is 17.2 Å². The molecule has 7 heteroatoms. The van der Waals surface area contributed by atoms with Crippen LogP contribution in [0.1, 0.15) is 86.6 Å². The number of hydrogen-bond donors (Lipinski definition) is 3. The van der Waals surface area contributed by atoms with E-state index in [-0.39, 0.29) is 29.3 Å². The third kappa shape index (κ3) is 5.24. The molecule has 0 bridgehead atoms. The Morgan fingerprint density at radius 1 is 0.905 bits per heavy atom. The van der Waals surface area contributed by atoms with Gasteiger partial charge in [0.2, 0.25) is 5.75 Å². The monoisotopic (exact) mass is 574 g/mol. The number of rotatable bonds is 8. The van der Waals surface area contributed by atoms with Gasteiger partial charge >= 0.3 is 0 Å². The second-order valence-electron chi connectivity index (χ2n) is 12.5. The van der Waals surface area contributed by atoms with Crippen LogP contribution >= 0.6 is 0 Å². The van der Waals surface area contributed by atoms with Crippen LogP contribution in [0.4, 0.5) is 0 Å². The fourth-order valence-corrected chi connectivity index (χ4v) is 7.02. The molecule has 0 amide bonds. The van der Waals surface area contributed by atoms with Crippen LogP contribution in [0.15, 0.2) is 36.4 Å². The van der Waals surface area contributed by atoms with Gasteiger partial charge in [-0.05, 0) is 91.3 Å². The summed E-state index contributed by atoms with van der Waals surface area (Å²) < 4.78 is 24.2. The number of fused-ring (bicyclic) bond motifs is 5. The van der Waals surface area contributed by atoms with Gasteiger partial charge in [-0.2, -0.15) is 0 Å². The number of hydrogen-bond acceptors (Lipinski definition) is 7. The van der Waals surface area contributed by atoms with Gasteiger partial charge in [-0.15, -0.1) is 0 Å². The van der Waals surface area contributed by atoms with Crippen molar-refractivity contribution in [2.75, 3.05) is 14.2 Å². The number of phenolic OH excluding ortho intramolecular Hbond substituents is 2. The van der Waals surface area contributed by atoms with E-state index in [2.05, 4.69) is 13.8 Å². The van der Waals surface area contributed by atoms with Gasteiger partial charge in [0, 0.05) is 29.2 Å². The number of ether oxygens (including phenoxy) is 4. The number of methoxy groups -OCH3 is 2. The average molecular weight is 575 g/mol. The van der Waals surface area contributed by atoms with E-state index in [4.69, 9.17) is 18.9 Å². The first-order valence-electron chi connectivity index (χ1n) is 15.3. The van der Waals surface area contributed by atoms with Crippen LogP contribution in [0.25, 0.3) is 11.1 Å². The standard InChI is InChI=1S/C35H42O7/c1-19(2)9-10-20-13-27-26-17-28(37)35(21-14-31(40-4)34(38)32(15-21)41-23-7-5-6-8-23)42-29(26)18-30(39-3)33(27)24-12-11-22(36)16-25(20)24/h11-12,14-16,18-20,23,28,35-38H,5-10,13,17H2,1-4H3/t20-,28-,35+/m1/s1. The Kier molecular flexibility index (Phi) is 7.88. The van der Waals surface area contributed by atoms with Crippen LogP contribution in [-0.2, 0) is 12.8 Å². The minimum Gasteiger partial charge on any atom is -0.508 e. The third-order valence-corrected chi connectivity index (χ3v) is 9.20. The smallest absolute Gasteiger partial charge is 0.200 e. The van der Waals surface area contributed by atoms with Crippen molar-refractivity contribution in [2.24, 2.45) is 5.92 Å². The maximum absolute atomic E-state index is 11.5. The number of aromatic hydroxyl groups is 2. The molecule has 7 nitrogen and oxygen atoms in total. The number of aliphatic hydroxyl groups is 1. The maximum atomic E-state index is 11.5. The number of phenols is 2. The van der Waals surface area contributed by atoms with Gasteiger partial charge < -0.3 is 34.3 Å². The summed E-state index contributed by atoms with van der Waals surface area (Å²) in [6.45, 7) is 4.47. The van der Waals surface area contributed by atoms with Crippen molar-refractivity contribution in [2.45, 2.75) is 89.4 Å². The highest BCUT2D eigenvalue weighted by Gasteiger charge is 2.38. The summed E-state index contributed by atoms with van der Waals surface area (Å²) in [6.07, 6.45) is 5.96. The van der Waals surface area contributed by atoms with Crippen molar-refractivity contribution in [3.05, 3.63) is 58.7 Å². The van der Waals surface area contributed by atoms with Crippen molar-refractivity contribution in [1.82, 2.24) is 0 Å². The van der Waals surface area contributed by atoms with Crippen LogP contribution in [0.3, 0.4) is 0 Å². The molecule has 42 heavy (non-hydrogen) atoms. The molecule has 0 saturated heterocycles. The minimum atomic E-state index is -0.820. The normalized spacial score (nSPS) is 21.3. The van der Waals surface area contributed by atoms with E-state index >= 15 is 0 Å². The lowest BCUT2D eigenvalue weighted by Crippen LogP contribution is -2.32. The molecule has 3 aliphatic rings. The zero-order valence-corrected chi connectivity index (χ0v) is 25.0. The Morgan fingerprint density at radius 3 is 2.36 bits per heavy atom. The maximum Gasteiger partial charge on any atom is 0.200 e. The molecule has 1 aliphatic heterocycles. The van der Waals surface area contributed by atoms with Crippen molar-refractivity contribution in [3.63, 3.8) is 0 Å².